The minimum absolute atomic E-state index is 0.318. The standard InChI is InChI=1S/C14H18N2O6/c17-11(5-7-13(19)20)15-9-3-1-2-4-10(9)16-12(18)6-8-14(21)22/h5-10H,1-4H2,(H,15,17)(H,16,18)(H,19,20)(H,21,22)/b7-5+,8-6+/t9-,10+. The highest BCUT2D eigenvalue weighted by Crippen LogP contribution is 2.18. The second-order valence-corrected chi connectivity index (χ2v) is 4.86. The van der Waals surface area contributed by atoms with E-state index in [1.165, 1.54) is 0 Å². The van der Waals surface area contributed by atoms with Gasteiger partial charge in [-0.2, -0.15) is 0 Å². The fourth-order valence-corrected chi connectivity index (χ4v) is 2.23. The Bertz CT molecular complexity index is 465. The number of aliphatic carboxylic acids is 2. The fourth-order valence-electron chi connectivity index (χ4n) is 2.23. The van der Waals surface area contributed by atoms with E-state index in [1.807, 2.05) is 0 Å². The zero-order valence-electron chi connectivity index (χ0n) is 11.8. The lowest BCUT2D eigenvalue weighted by Gasteiger charge is -2.32. The molecular weight excluding hydrogens is 292 g/mol. The van der Waals surface area contributed by atoms with Crippen LogP contribution in [0.1, 0.15) is 25.7 Å². The van der Waals surface area contributed by atoms with Crippen molar-refractivity contribution < 1.29 is 29.4 Å². The first kappa shape index (κ1) is 17.4. The number of carbonyl (C=O) groups is 4. The largest absolute Gasteiger partial charge is 0.478 e. The number of rotatable bonds is 6. The zero-order valence-corrected chi connectivity index (χ0v) is 11.8. The second-order valence-electron chi connectivity index (χ2n) is 4.86. The summed E-state index contributed by atoms with van der Waals surface area (Å²) >= 11 is 0. The molecule has 0 saturated heterocycles. The number of carbonyl (C=O) groups excluding carboxylic acids is 2. The molecule has 4 N–H and O–H groups in total. The first-order valence-corrected chi connectivity index (χ1v) is 6.81. The Morgan fingerprint density at radius 3 is 1.41 bits per heavy atom. The molecule has 1 aliphatic carbocycles. The van der Waals surface area contributed by atoms with Gasteiger partial charge in [-0.1, -0.05) is 12.8 Å². The summed E-state index contributed by atoms with van der Waals surface area (Å²) < 4.78 is 0. The highest BCUT2D eigenvalue weighted by atomic mass is 16.4. The Morgan fingerprint density at radius 2 is 1.09 bits per heavy atom. The van der Waals surface area contributed by atoms with E-state index >= 15 is 0 Å². The maximum absolute atomic E-state index is 11.6. The van der Waals surface area contributed by atoms with Gasteiger partial charge >= 0.3 is 11.9 Å². The lowest BCUT2D eigenvalue weighted by atomic mass is 9.90. The van der Waals surface area contributed by atoms with Crippen LogP contribution in [-0.4, -0.2) is 46.0 Å². The molecule has 0 radical (unpaired) electrons. The molecule has 22 heavy (non-hydrogen) atoms. The SMILES string of the molecule is O=C(O)/C=C/C(=O)N[C@H]1CCCC[C@H]1NC(=O)/C=C/C(=O)O. The molecular formula is C14H18N2O6. The van der Waals surface area contributed by atoms with Gasteiger partial charge in [-0.15, -0.1) is 0 Å². The van der Waals surface area contributed by atoms with Crippen LogP contribution in [0, 0.1) is 0 Å². The quantitative estimate of drug-likeness (QED) is 0.503. The van der Waals surface area contributed by atoms with Gasteiger partial charge in [0.1, 0.15) is 0 Å². The van der Waals surface area contributed by atoms with Gasteiger partial charge in [0.05, 0.1) is 0 Å². The van der Waals surface area contributed by atoms with Crippen LogP contribution in [0.5, 0.6) is 0 Å². The van der Waals surface area contributed by atoms with Crippen molar-refractivity contribution in [2.75, 3.05) is 0 Å². The molecule has 120 valence electrons. The van der Waals surface area contributed by atoms with E-state index in [1.54, 1.807) is 0 Å². The summed E-state index contributed by atoms with van der Waals surface area (Å²) in [7, 11) is 0. The second kappa shape index (κ2) is 8.60. The molecule has 2 atom stereocenters. The number of carboxylic acid groups (broad SMARTS) is 2. The van der Waals surface area contributed by atoms with Gasteiger partial charge in [0.15, 0.2) is 0 Å². The van der Waals surface area contributed by atoms with Gasteiger partial charge in [-0.3, -0.25) is 9.59 Å². The Morgan fingerprint density at radius 1 is 0.727 bits per heavy atom. The van der Waals surface area contributed by atoms with E-state index in [2.05, 4.69) is 10.6 Å². The van der Waals surface area contributed by atoms with Crippen LogP contribution < -0.4 is 10.6 Å². The normalized spacial score (nSPS) is 21.6. The van der Waals surface area contributed by atoms with Crippen molar-refractivity contribution in [3.8, 4) is 0 Å². The van der Waals surface area contributed by atoms with Crippen LogP contribution in [0.3, 0.4) is 0 Å². The highest BCUT2D eigenvalue weighted by Gasteiger charge is 2.26. The Labute approximate surface area is 126 Å². The van der Waals surface area contributed by atoms with Gasteiger partial charge in [0, 0.05) is 36.4 Å². The summed E-state index contributed by atoms with van der Waals surface area (Å²) in [6.45, 7) is 0. The van der Waals surface area contributed by atoms with Gasteiger partial charge in [0.25, 0.3) is 0 Å². The van der Waals surface area contributed by atoms with Crippen molar-refractivity contribution in [1.82, 2.24) is 10.6 Å². The number of nitrogens with one attached hydrogen (secondary N) is 2. The summed E-state index contributed by atoms with van der Waals surface area (Å²) in [5, 5.41) is 22.2. The third kappa shape index (κ3) is 6.69. The molecule has 1 rings (SSSR count). The van der Waals surface area contributed by atoms with E-state index in [0.29, 0.717) is 12.8 Å². The summed E-state index contributed by atoms with van der Waals surface area (Å²) in [5.74, 6) is -3.53. The molecule has 0 aromatic heterocycles. The number of amides is 2. The molecule has 0 aromatic carbocycles. The molecule has 1 saturated carbocycles. The van der Waals surface area contributed by atoms with Crippen molar-refractivity contribution in [3.63, 3.8) is 0 Å². The molecule has 0 bridgehead atoms. The van der Waals surface area contributed by atoms with Crippen LogP contribution >= 0.6 is 0 Å². The molecule has 2 amide bonds. The predicted molar refractivity (Wildman–Crippen MR) is 75.9 cm³/mol. The van der Waals surface area contributed by atoms with Crippen LogP contribution in [0.2, 0.25) is 0 Å². The van der Waals surface area contributed by atoms with Crippen LogP contribution in [0.4, 0.5) is 0 Å². The average Bonchev–Trinajstić information content (AvgIpc) is 2.45. The van der Waals surface area contributed by atoms with Crippen LogP contribution in [-0.2, 0) is 19.2 Å². The Hall–Kier alpha value is -2.64. The third-order valence-electron chi connectivity index (χ3n) is 3.18. The Balaban J connectivity index is 2.59. The lowest BCUT2D eigenvalue weighted by Crippen LogP contribution is -2.52. The first-order valence-electron chi connectivity index (χ1n) is 6.81. The summed E-state index contributed by atoms with van der Waals surface area (Å²) in [4.78, 5) is 43.9. The van der Waals surface area contributed by atoms with Gasteiger partial charge < -0.3 is 20.8 Å². The highest BCUT2D eigenvalue weighted by molar-refractivity contribution is 5.95. The minimum Gasteiger partial charge on any atom is -0.478 e. The number of hydrogen-bond acceptors (Lipinski definition) is 4. The van der Waals surface area contributed by atoms with Crippen molar-refractivity contribution >= 4 is 23.8 Å². The third-order valence-corrected chi connectivity index (χ3v) is 3.18. The van der Waals surface area contributed by atoms with Gasteiger partial charge in [-0.25, -0.2) is 9.59 Å². The monoisotopic (exact) mass is 310 g/mol. The lowest BCUT2D eigenvalue weighted by molar-refractivity contribution is -0.132. The van der Waals surface area contributed by atoms with Crippen molar-refractivity contribution in [3.05, 3.63) is 24.3 Å². The maximum Gasteiger partial charge on any atom is 0.328 e. The molecule has 0 aromatic rings. The first-order chi connectivity index (χ1) is 10.4. The fraction of sp³-hybridized carbons (Fsp3) is 0.429. The number of hydrogen-bond donors (Lipinski definition) is 4. The van der Waals surface area contributed by atoms with Gasteiger partial charge in [0.2, 0.25) is 11.8 Å². The van der Waals surface area contributed by atoms with E-state index < -0.39 is 23.8 Å². The molecule has 8 heteroatoms. The van der Waals surface area contributed by atoms with Crippen molar-refractivity contribution in [1.29, 1.82) is 0 Å². The van der Waals surface area contributed by atoms with Crippen molar-refractivity contribution in [2.45, 2.75) is 37.8 Å². The summed E-state index contributed by atoms with van der Waals surface area (Å²) in [6, 6.07) is -0.635. The van der Waals surface area contributed by atoms with E-state index in [4.69, 9.17) is 10.2 Å². The Kier molecular flexibility index (Phi) is 6.81. The van der Waals surface area contributed by atoms with Crippen molar-refractivity contribution in [2.24, 2.45) is 0 Å². The molecule has 1 fully saturated rings. The minimum atomic E-state index is -1.22. The summed E-state index contributed by atoms with van der Waals surface area (Å²) in [5.41, 5.74) is 0. The molecule has 0 aliphatic heterocycles. The van der Waals surface area contributed by atoms with E-state index in [9.17, 15) is 19.2 Å². The molecule has 1 aliphatic rings. The summed E-state index contributed by atoms with van der Waals surface area (Å²) in [6.07, 6.45) is 6.37. The zero-order chi connectivity index (χ0) is 16.5. The average molecular weight is 310 g/mol. The molecule has 0 spiro atoms. The van der Waals surface area contributed by atoms with Crippen LogP contribution in [0.25, 0.3) is 0 Å². The topological polar surface area (TPSA) is 133 Å². The number of carboxylic acids is 2. The molecule has 0 unspecified atom stereocenters. The van der Waals surface area contributed by atoms with Crippen LogP contribution in [0.15, 0.2) is 24.3 Å². The van der Waals surface area contributed by atoms with E-state index in [-0.39, 0.29) is 12.1 Å². The predicted octanol–water partition coefficient (Wildman–Crippen LogP) is -0.188. The smallest absolute Gasteiger partial charge is 0.328 e. The molecule has 8 nitrogen and oxygen atoms in total. The van der Waals surface area contributed by atoms with Gasteiger partial charge in [-0.05, 0) is 12.8 Å². The maximum atomic E-state index is 11.6. The molecule has 0 heterocycles. The van der Waals surface area contributed by atoms with E-state index in [0.717, 1.165) is 37.1 Å².